The Bertz CT molecular complexity index is 522. The van der Waals surface area contributed by atoms with Crippen LogP contribution in [0.25, 0.3) is 0 Å². The van der Waals surface area contributed by atoms with Crippen LogP contribution >= 0.6 is 11.8 Å². The first-order chi connectivity index (χ1) is 10.1. The summed E-state index contributed by atoms with van der Waals surface area (Å²) in [5.41, 5.74) is 7.19. The minimum absolute atomic E-state index is 0.191. The maximum absolute atomic E-state index is 12.7. The third-order valence-corrected chi connectivity index (χ3v) is 5.53. The van der Waals surface area contributed by atoms with Crippen molar-refractivity contribution in [2.75, 3.05) is 36.8 Å². The van der Waals surface area contributed by atoms with Crippen LogP contribution in [0.2, 0.25) is 0 Å². The zero-order valence-electron chi connectivity index (χ0n) is 12.5. The number of rotatable bonds is 2. The van der Waals surface area contributed by atoms with Crippen molar-refractivity contribution in [2.24, 2.45) is 11.7 Å². The van der Waals surface area contributed by atoms with Gasteiger partial charge in [-0.3, -0.25) is 9.69 Å². The standard InChI is InChI=1S/C16H23N3OS/c1-12-6-7-18(10-13(12)17)11-16(20)19-8-9-21-15-5-3-2-4-14(15)19/h2-5,12-13H,6-11,17H2,1H3. The van der Waals surface area contributed by atoms with Crippen molar-refractivity contribution in [3.63, 3.8) is 0 Å². The fraction of sp³-hybridized carbons (Fsp3) is 0.562. The normalized spacial score (nSPS) is 26.5. The smallest absolute Gasteiger partial charge is 0.241 e. The zero-order chi connectivity index (χ0) is 14.8. The summed E-state index contributed by atoms with van der Waals surface area (Å²) in [7, 11) is 0. The number of nitrogens with zero attached hydrogens (tertiary/aromatic N) is 2. The van der Waals surface area contributed by atoms with E-state index in [4.69, 9.17) is 5.73 Å². The van der Waals surface area contributed by atoms with Gasteiger partial charge in [0.15, 0.2) is 0 Å². The Morgan fingerprint density at radius 1 is 1.38 bits per heavy atom. The summed E-state index contributed by atoms with van der Waals surface area (Å²) in [6, 6.07) is 8.37. The SMILES string of the molecule is CC1CCN(CC(=O)N2CCSc3ccccc32)CC1N. The van der Waals surface area contributed by atoms with Gasteiger partial charge < -0.3 is 10.6 Å². The van der Waals surface area contributed by atoms with Crippen molar-refractivity contribution < 1.29 is 4.79 Å². The predicted molar refractivity (Wildman–Crippen MR) is 87.7 cm³/mol. The highest BCUT2D eigenvalue weighted by atomic mass is 32.2. The molecule has 2 heterocycles. The molecular weight excluding hydrogens is 282 g/mol. The van der Waals surface area contributed by atoms with Crippen LogP contribution in [0.4, 0.5) is 5.69 Å². The number of para-hydroxylation sites is 1. The van der Waals surface area contributed by atoms with Crippen molar-refractivity contribution in [1.82, 2.24) is 4.90 Å². The minimum atomic E-state index is 0.191. The summed E-state index contributed by atoms with van der Waals surface area (Å²) < 4.78 is 0. The summed E-state index contributed by atoms with van der Waals surface area (Å²) in [5.74, 6) is 1.73. The van der Waals surface area contributed by atoms with Crippen LogP contribution in [0.3, 0.4) is 0 Å². The van der Waals surface area contributed by atoms with E-state index in [1.54, 1.807) is 0 Å². The lowest BCUT2D eigenvalue weighted by Gasteiger charge is -2.36. The van der Waals surface area contributed by atoms with Gasteiger partial charge in [-0.1, -0.05) is 19.1 Å². The number of fused-ring (bicyclic) bond motifs is 1. The molecule has 0 aliphatic carbocycles. The summed E-state index contributed by atoms with van der Waals surface area (Å²) in [4.78, 5) is 18.0. The van der Waals surface area contributed by atoms with Gasteiger partial charge >= 0.3 is 0 Å². The van der Waals surface area contributed by atoms with E-state index in [1.165, 1.54) is 4.90 Å². The number of likely N-dealkylation sites (tertiary alicyclic amines) is 1. The second-order valence-electron chi connectivity index (χ2n) is 6.03. The topological polar surface area (TPSA) is 49.6 Å². The van der Waals surface area contributed by atoms with Gasteiger partial charge in [-0.15, -0.1) is 11.8 Å². The lowest BCUT2D eigenvalue weighted by Crippen LogP contribution is -2.51. The molecule has 2 atom stereocenters. The number of benzene rings is 1. The fourth-order valence-corrected chi connectivity index (χ4v) is 4.01. The van der Waals surface area contributed by atoms with Gasteiger partial charge in [0.2, 0.25) is 5.91 Å². The van der Waals surface area contributed by atoms with Crippen molar-refractivity contribution >= 4 is 23.4 Å². The number of hydrogen-bond acceptors (Lipinski definition) is 4. The molecule has 0 bridgehead atoms. The molecule has 4 nitrogen and oxygen atoms in total. The van der Waals surface area contributed by atoms with Crippen LogP contribution in [-0.2, 0) is 4.79 Å². The Labute approximate surface area is 130 Å². The van der Waals surface area contributed by atoms with Gasteiger partial charge in [-0.05, 0) is 31.0 Å². The molecule has 1 aromatic carbocycles. The van der Waals surface area contributed by atoms with E-state index in [-0.39, 0.29) is 11.9 Å². The van der Waals surface area contributed by atoms with Gasteiger partial charge in [0, 0.05) is 29.8 Å². The Balaban J connectivity index is 1.67. The zero-order valence-corrected chi connectivity index (χ0v) is 13.3. The van der Waals surface area contributed by atoms with Crippen LogP contribution in [0.1, 0.15) is 13.3 Å². The Hall–Kier alpha value is -1.04. The van der Waals surface area contributed by atoms with Gasteiger partial charge in [-0.25, -0.2) is 0 Å². The van der Waals surface area contributed by atoms with Crippen LogP contribution in [0.15, 0.2) is 29.2 Å². The number of carbonyl (C=O) groups excluding carboxylic acids is 1. The summed E-state index contributed by atoms with van der Waals surface area (Å²) in [6.07, 6.45) is 1.08. The molecular formula is C16H23N3OS. The molecule has 2 aliphatic heterocycles. The quantitative estimate of drug-likeness (QED) is 0.905. The molecule has 2 unspecified atom stereocenters. The first-order valence-corrected chi connectivity index (χ1v) is 8.64. The molecule has 0 saturated carbocycles. The van der Waals surface area contributed by atoms with Gasteiger partial charge in [0.1, 0.15) is 0 Å². The molecule has 0 spiro atoms. The fourth-order valence-electron chi connectivity index (χ4n) is 3.02. The average molecular weight is 305 g/mol. The Morgan fingerprint density at radius 2 is 2.19 bits per heavy atom. The highest BCUT2D eigenvalue weighted by Gasteiger charge is 2.28. The van der Waals surface area contributed by atoms with Crippen molar-refractivity contribution in [3.05, 3.63) is 24.3 Å². The summed E-state index contributed by atoms with van der Waals surface area (Å²) >= 11 is 1.83. The van der Waals surface area contributed by atoms with Crippen molar-refractivity contribution in [1.29, 1.82) is 0 Å². The van der Waals surface area contributed by atoms with Gasteiger partial charge in [0.05, 0.1) is 12.2 Å². The predicted octanol–water partition coefficient (Wildman–Crippen LogP) is 1.79. The van der Waals surface area contributed by atoms with Crippen LogP contribution in [-0.4, -0.2) is 48.8 Å². The van der Waals surface area contributed by atoms with Gasteiger partial charge in [0.25, 0.3) is 0 Å². The van der Waals surface area contributed by atoms with E-state index >= 15 is 0 Å². The summed E-state index contributed by atoms with van der Waals surface area (Å²) in [5, 5.41) is 0. The second kappa shape index (κ2) is 6.38. The molecule has 114 valence electrons. The van der Waals surface area contributed by atoms with Crippen molar-refractivity contribution in [3.8, 4) is 0 Å². The lowest BCUT2D eigenvalue weighted by molar-refractivity contribution is -0.120. The maximum atomic E-state index is 12.7. The van der Waals surface area contributed by atoms with Gasteiger partial charge in [-0.2, -0.15) is 0 Å². The number of amides is 1. The molecule has 1 aromatic rings. The molecule has 3 rings (SSSR count). The first-order valence-electron chi connectivity index (χ1n) is 7.65. The summed E-state index contributed by atoms with van der Waals surface area (Å²) in [6.45, 7) is 5.29. The van der Waals surface area contributed by atoms with Crippen LogP contribution in [0, 0.1) is 5.92 Å². The number of carbonyl (C=O) groups is 1. The largest absolute Gasteiger partial charge is 0.326 e. The maximum Gasteiger partial charge on any atom is 0.241 e. The highest BCUT2D eigenvalue weighted by Crippen LogP contribution is 2.34. The van der Waals surface area contributed by atoms with Crippen LogP contribution < -0.4 is 10.6 Å². The highest BCUT2D eigenvalue weighted by molar-refractivity contribution is 7.99. The third-order valence-electron chi connectivity index (χ3n) is 4.49. The monoisotopic (exact) mass is 305 g/mol. The van der Waals surface area contributed by atoms with Crippen molar-refractivity contribution in [2.45, 2.75) is 24.3 Å². The molecule has 21 heavy (non-hydrogen) atoms. The molecule has 5 heteroatoms. The van der Waals surface area contributed by atoms with E-state index in [1.807, 2.05) is 34.9 Å². The molecule has 2 N–H and O–H groups in total. The van der Waals surface area contributed by atoms with E-state index in [9.17, 15) is 4.79 Å². The first kappa shape index (κ1) is 14.9. The van der Waals surface area contributed by atoms with Crippen LogP contribution in [0.5, 0.6) is 0 Å². The third kappa shape index (κ3) is 3.25. The molecule has 1 amide bonds. The number of nitrogens with two attached hydrogens (primary N) is 1. The van der Waals surface area contributed by atoms with E-state index < -0.39 is 0 Å². The molecule has 0 radical (unpaired) electrons. The molecule has 1 saturated heterocycles. The Kier molecular flexibility index (Phi) is 4.52. The molecule has 2 aliphatic rings. The minimum Gasteiger partial charge on any atom is -0.326 e. The van der Waals surface area contributed by atoms with E-state index in [2.05, 4.69) is 17.9 Å². The number of piperidine rings is 1. The van der Waals surface area contributed by atoms with E-state index in [0.29, 0.717) is 12.5 Å². The Morgan fingerprint density at radius 3 is 3.00 bits per heavy atom. The second-order valence-corrected chi connectivity index (χ2v) is 7.16. The molecule has 0 aromatic heterocycles. The average Bonchev–Trinajstić information content (AvgIpc) is 2.50. The number of hydrogen-bond donors (Lipinski definition) is 1. The lowest BCUT2D eigenvalue weighted by atomic mass is 9.94. The van der Waals surface area contributed by atoms with E-state index in [0.717, 1.165) is 37.5 Å². The molecule has 1 fully saturated rings. The number of thioether (sulfide) groups is 1. The number of anilines is 1.